The van der Waals surface area contributed by atoms with Crippen LogP contribution in [0.3, 0.4) is 0 Å². The molecule has 0 saturated heterocycles. The molecule has 8 heteroatoms. The van der Waals surface area contributed by atoms with Crippen molar-refractivity contribution in [1.82, 2.24) is 5.10 Å². The minimum absolute atomic E-state index is 0.0416. The number of nitrogens with zero attached hydrogens (tertiary/aromatic N) is 2. The molecule has 0 amide bonds. The lowest BCUT2D eigenvalue weighted by Gasteiger charge is -2.15. The summed E-state index contributed by atoms with van der Waals surface area (Å²) >= 11 is 0. The molecule has 0 radical (unpaired) electrons. The van der Waals surface area contributed by atoms with Crippen LogP contribution in [-0.2, 0) is 0 Å². The molecule has 0 spiro atoms. The Kier molecular flexibility index (Phi) is 4.59. The predicted octanol–water partition coefficient (Wildman–Crippen LogP) is 2.35. The number of nitrogen functional groups attached to an aromatic ring is 1. The Hall–Kier alpha value is -2.64. The molecule has 0 aliphatic heterocycles. The highest BCUT2D eigenvalue weighted by molar-refractivity contribution is 5.63. The van der Waals surface area contributed by atoms with Gasteiger partial charge in [-0.1, -0.05) is 5.10 Å². The van der Waals surface area contributed by atoms with E-state index in [1.54, 1.807) is 19.9 Å². The molecule has 22 heavy (non-hydrogen) atoms. The molecule has 0 aliphatic rings. The first kappa shape index (κ1) is 15.7. The number of ether oxygens (including phenoxy) is 2. The van der Waals surface area contributed by atoms with E-state index < -0.39 is 6.61 Å². The van der Waals surface area contributed by atoms with Crippen LogP contribution in [0, 0.1) is 5.21 Å². The molecule has 0 bridgehead atoms. The molecule has 0 unspecified atom stereocenters. The zero-order chi connectivity index (χ0) is 16.3. The van der Waals surface area contributed by atoms with Gasteiger partial charge in [0.25, 0.3) is 5.82 Å². The van der Waals surface area contributed by atoms with Crippen molar-refractivity contribution in [3.8, 4) is 22.8 Å². The molecule has 0 aliphatic carbocycles. The zero-order valence-electron chi connectivity index (χ0n) is 12.0. The summed E-state index contributed by atoms with van der Waals surface area (Å²) in [6, 6.07) is 7.28. The number of nitrogens with two attached hydrogens (primary N) is 1. The number of anilines is 1. The summed E-state index contributed by atoms with van der Waals surface area (Å²) in [7, 11) is 0. The average Bonchev–Trinajstić information content (AvgIpc) is 2.43. The number of benzene rings is 1. The van der Waals surface area contributed by atoms with E-state index >= 15 is 0 Å². The van der Waals surface area contributed by atoms with E-state index in [2.05, 4.69) is 9.84 Å². The molecule has 1 heterocycles. The fraction of sp³-hybridized carbons (Fsp3) is 0.286. The van der Waals surface area contributed by atoms with Crippen LogP contribution in [0.4, 0.5) is 14.6 Å². The summed E-state index contributed by atoms with van der Waals surface area (Å²) in [6.45, 7) is 0.552. The second-order valence-corrected chi connectivity index (χ2v) is 4.72. The van der Waals surface area contributed by atoms with Crippen molar-refractivity contribution in [2.24, 2.45) is 0 Å². The van der Waals surface area contributed by atoms with Crippen molar-refractivity contribution in [1.29, 1.82) is 0 Å². The molecule has 1 aromatic heterocycles. The zero-order valence-corrected chi connectivity index (χ0v) is 12.0. The number of aromatic nitrogens is 2. The van der Waals surface area contributed by atoms with Gasteiger partial charge in [0.15, 0.2) is 11.5 Å². The van der Waals surface area contributed by atoms with Gasteiger partial charge in [-0.25, -0.2) is 0 Å². The summed E-state index contributed by atoms with van der Waals surface area (Å²) < 4.78 is 34.7. The molecule has 1 aromatic carbocycles. The molecule has 0 fully saturated rings. The third-order valence-corrected chi connectivity index (χ3v) is 2.65. The quantitative estimate of drug-likeness (QED) is 0.677. The number of alkyl halides is 2. The van der Waals surface area contributed by atoms with E-state index in [-0.39, 0.29) is 28.3 Å². The van der Waals surface area contributed by atoms with Crippen LogP contribution < -0.4 is 20.1 Å². The van der Waals surface area contributed by atoms with E-state index in [9.17, 15) is 14.0 Å². The third kappa shape index (κ3) is 3.72. The molecule has 2 rings (SSSR count). The lowest BCUT2D eigenvalue weighted by Crippen LogP contribution is -2.34. The minimum atomic E-state index is -2.96. The summed E-state index contributed by atoms with van der Waals surface area (Å²) in [6.07, 6.45) is -0.237. The minimum Gasteiger partial charge on any atom is -0.691 e. The van der Waals surface area contributed by atoms with Crippen LogP contribution in [0.1, 0.15) is 13.8 Å². The van der Waals surface area contributed by atoms with E-state index in [1.165, 1.54) is 24.3 Å². The summed E-state index contributed by atoms with van der Waals surface area (Å²) in [5, 5.41) is 15.2. The van der Waals surface area contributed by atoms with Gasteiger partial charge in [-0.2, -0.15) is 8.78 Å². The average molecular weight is 311 g/mol. The Balaban J connectivity index is 2.42. The smallest absolute Gasteiger partial charge is 0.387 e. The second-order valence-electron chi connectivity index (χ2n) is 4.72. The Bertz CT molecular complexity index is 666. The van der Waals surface area contributed by atoms with Gasteiger partial charge < -0.3 is 14.7 Å². The van der Waals surface area contributed by atoms with Gasteiger partial charge in [0, 0.05) is 11.6 Å². The number of halogens is 2. The van der Waals surface area contributed by atoms with Gasteiger partial charge in [0.1, 0.15) is 5.69 Å². The molecule has 0 atom stereocenters. The van der Waals surface area contributed by atoms with Gasteiger partial charge in [-0.05, 0) is 38.1 Å². The number of hydrogen-bond acceptors (Lipinski definition) is 5. The maximum Gasteiger partial charge on any atom is 0.387 e. The number of hydrogen-bond donors (Lipinski definition) is 1. The highest BCUT2D eigenvalue weighted by Gasteiger charge is 2.15. The van der Waals surface area contributed by atoms with Gasteiger partial charge in [-0.3, -0.25) is 5.73 Å². The fourth-order valence-corrected chi connectivity index (χ4v) is 1.78. The lowest BCUT2D eigenvalue weighted by molar-refractivity contribution is -0.653. The normalized spacial score (nSPS) is 11.0. The van der Waals surface area contributed by atoms with Gasteiger partial charge >= 0.3 is 6.61 Å². The number of rotatable bonds is 5. The van der Waals surface area contributed by atoms with Crippen molar-refractivity contribution < 1.29 is 23.1 Å². The highest BCUT2D eigenvalue weighted by atomic mass is 19.3. The van der Waals surface area contributed by atoms with Crippen LogP contribution in [0.15, 0.2) is 30.3 Å². The summed E-state index contributed by atoms with van der Waals surface area (Å²) in [5.41, 5.74) is 6.25. The van der Waals surface area contributed by atoms with Gasteiger partial charge in [-0.15, -0.1) is 4.85 Å². The molecule has 6 nitrogen and oxygen atoms in total. The summed E-state index contributed by atoms with van der Waals surface area (Å²) in [5.74, 6) is 0.0156. The van der Waals surface area contributed by atoms with Crippen LogP contribution in [0.2, 0.25) is 0 Å². The third-order valence-electron chi connectivity index (χ3n) is 2.65. The Morgan fingerprint density at radius 1 is 1.14 bits per heavy atom. The van der Waals surface area contributed by atoms with Crippen molar-refractivity contribution in [2.45, 2.75) is 26.6 Å². The fourth-order valence-electron chi connectivity index (χ4n) is 1.78. The monoisotopic (exact) mass is 311 g/mol. The lowest BCUT2D eigenvalue weighted by atomic mass is 10.1. The molecule has 2 N–H and O–H groups in total. The van der Waals surface area contributed by atoms with Gasteiger partial charge in [0.05, 0.1) is 6.10 Å². The Labute approximate surface area is 125 Å². The van der Waals surface area contributed by atoms with Crippen molar-refractivity contribution in [3.63, 3.8) is 0 Å². The Morgan fingerprint density at radius 2 is 1.86 bits per heavy atom. The van der Waals surface area contributed by atoms with E-state index in [0.717, 1.165) is 0 Å². The first-order valence-corrected chi connectivity index (χ1v) is 6.49. The van der Waals surface area contributed by atoms with Crippen molar-refractivity contribution in [3.05, 3.63) is 35.5 Å². The predicted molar refractivity (Wildman–Crippen MR) is 75.4 cm³/mol. The molecule has 118 valence electrons. The maximum absolute atomic E-state index is 12.4. The van der Waals surface area contributed by atoms with Crippen molar-refractivity contribution in [2.75, 3.05) is 5.73 Å². The molecule has 0 saturated carbocycles. The van der Waals surface area contributed by atoms with Crippen LogP contribution >= 0.6 is 0 Å². The topological polar surface area (TPSA) is 84.3 Å². The molecular formula is C14H15F2N3O3. The van der Waals surface area contributed by atoms with Crippen LogP contribution in [-0.4, -0.2) is 17.8 Å². The standard InChI is InChI=1S/C14H15F2N3O3/c1-8(2)21-12-7-9(3-5-11(12)22-14(15)16)10-4-6-13(17)19(20)18-10/h3-8,14H,17H2,1-2H3. The van der Waals surface area contributed by atoms with Crippen LogP contribution in [0.5, 0.6) is 11.5 Å². The second kappa shape index (κ2) is 6.42. The molecule has 2 aromatic rings. The first-order chi connectivity index (χ1) is 10.4. The molecular weight excluding hydrogens is 296 g/mol. The van der Waals surface area contributed by atoms with E-state index in [4.69, 9.17) is 10.5 Å². The highest BCUT2D eigenvalue weighted by Crippen LogP contribution is 2.33. The summed E-state index contributed by atoms with van der Waals surface area (Å²) in [4.78, 5) is 0.280. The maximum atomic E-state index is 12.4. The first-order valence-electron chi connectivity index (χ1n) is 6.49. The van der Waals surface area contributed by atoms with Crippen molar-refractivity contribution >= 4 is 5.82 Å². The van der Waals surface area contributed by atoms with E-state index in [0.29, 0.717) is 11.3 Å². The largest absolute Gasteiger partial charge is 0.691 e. The van der Waals surface area contributed by atoms with Crippen LogP contribution in [0.25, 0.3) is 11.3 Å². The van der Waals surface area contributed by atoms with E-state index in [1.807, 2.05) is 0 Å². The van der Waals surface area contributed by atoms with Gasteiger partial charge in [0.2, 0.25) is 0 Å². The Morgan fingerprint density at radius 3 is 2.45 bits per heavy atom. The SMILES string of the molecule is CC(C)Oc1cc(-c2ccc(N)[n+]([O-])n2)ccc1OC(F)F.